The van der Waals surface area contributed by atoms with Crippen LogP contribution in [-0.4, -0.2) is 34.6 Å². The first-order chi connectivity index (χ1) is 12.6. The summed E-state index contributed by atoms with van der Waals surface area (Å²) in [5.74, 6) is -0.531. The molecule has 8 heteroatoms. The fraction of sp³-hybridized carbons (Fsp3) is 0.556. The minimum absolute atomic E-state index is 0.0637. The van der Waals surface area contributed by atoms with Gasteiger partial charge in [0.2, 0.25) is 5.91 Å². The first kappa shape index (κ1) is 18.6. The number of esters is 1. The molecule has 1 aliphatic rings. The van der Waals surface area contributed by atoms with Gasteiger partial charge < -0.3 is 10.1 Å². The minimum atomic E-state index is -0.269. The Morgan fingerprint density at radius 3 is 2.96 bits per heavy atom. The van der Waals surface area contributed by atoms with Crippen LogP contribution >= 0.6 is 11.3 Å². The van der Waals surface area contributed by atoms with Crippen molar-refractivity contribution in [3.63, 3.8) is 0 Å². The summed E-state index contributed by atoms with van der Waals surface area (Å²) >= 11 is 1.60. The smallest absolute Gasteiger partial charge is 0.305 e. The summed E-state index contributed by atoms with van der Waals surface area (Å²) in [5.41, 5.74) is 0.981. The van der Waals surface area contributed by atoms with Gasteiger partial charge in [0.1, 0.15) is 11.4 Å². The van der Waals surface area contributed by atoms with Gasteiger partial charge in [-0.15, -0.1) is 11.3 Å². The fourth-order valence-corrected chi connectivity index (χ4v) is 4.42. The zero-order chi connectivity index (χ0) is 18.5. The van der Waals surface area contributed by atoms with Crippen LogP contribution < -0.4 is 10.9 Å². The Balaban J connectivity index is 1.62. The highest BCUT2D eigenvalue weighted by atomic mass is 32.1. The molecule has 0 aliphatic heterocycles. The molecule has 0 spiro atoms. The topological polar surface area (TPSA) is 90.3 Å². The SMILES string of the molecule is CCOC(=O)CCCNC(=O)Cn1cnc2sc3c(c2c1=O)CCCC3. The molecule has 1 aliphatic carbocycles. The number of fused-ring (bicyclic) bond motifs is 3. The van der Waals surface area contributed by atoms with E-state index in [4.69, 9.17) is 4.74 Å². The molecular formula is C18H23N3O4S. The second-order valence-electron chi connectivity index (χ2n) is 6.33. The molecular weight excluding hydrogens is 354 g/mol. The van der Waals surface area contributed by atoms with Crippen LogP contribution in [0.1, 0.15) is 43.0 Å². The third-order valence-electron chi connectivity index (χ3n) is 4.44. The fourth-order valence-electron chi connectivity index (χ4n) is 3.20. The van der Waals surface area contributed by atoms with Gasteiger partial charge in [-0.25, -0.2) is 4.98 Å². The Labute approximate surface area is 155 Å². The number of nitrogens with zero attached hydrogens (tertiary/aromatic N) is 2. The monoisotopic (exact) mass is 377 g/mol. The quantitative estimate of drug-likeness (QED) is 0.587. The van der Waals surface area contributed by atoms with Crippen LogP contribution in [0.2, 0.25) is 0 Å². The van der Waals surface area contributed by atoms with Crippen LogP contribution in [0.15, 0.2) is 11.1 Å². The number of aromatic nitrogens is 2. The van der Waals surface area contributed by atoms with E-state index in [9.17, 15) is 14.4 Å². The largest absolute Gasteiger partial charge is 0.466 e. The van der Waals surface area contributed by atoms with Gasteiger partial charge in [-0.2, -0.15) is 0 Å². The molecule has 0 bridgehead atoms. The Hall–Kier alpha value is -2.22. The van der Waals surface area contributed by atoms with E-state index in [2.05, 4.69) is 10.3 Å². The molecule has 1 N–H and O–H groups in total. The maximum absolute atomic E-state index is 12.8. The number of carbonyl (C=O) groups is 2. The van der Waals surface area contributed by atoms with Crippen molar-refractivity contribution in [2.45, 2.75) is 52.0 Å². The highest BCUT2D eigenvalue weighted by Crippen LogP contribution is 2.33. The first-order valence-corrected chi connectivity index (χ1v) is 9.83. The average Bonchev–Trinajstić information content (AvgIpc) is 3.01. The molecule has 26 heavy (non-hydrogen) atoms. The molecule has 2 heterocycles. The number of hydrogen-bond donors (Lipinski definition) is 1. The predicted octanol–water partition coefficient (Wildman–Crippen LogP) is 1.80. The molecule has 3 rings (SSSR count). The minimum Gasteiger partial charge on any atom is -0.466 e. The van der Waals surface area contributed by atoms with Gasteiger partial charge in [0.15, 0.2) is 0 Å². The number of aryl methyl sites for hydroxylation is 2. The lowest BCUT2D eigenvalue weighted by Crippen LogP contribution is -2.33. The zero-order valence-electron chi connectivity index (χ0n) is 14.9. The highest BCUT2D eigenvalue weighted by molar-refractivity contribution is 7.18. The van der Waals surface area contributed by atoms with Gasteiger partial charge in [-0.1, -0.05) is 0 Å². The van der Waals surface area contributed by atoms with Crippen LogP contribution in [0.4, 0.5) is 0 Å². The summed E-state index contributed by atoms with van der Waals surface area (Å²) in [6, 6.07) is 0. The molecule has 0 aromatic carbocycles. The van der Waals surface area contributed by atoms with Crippen molar-refractivity contribution >= 4 is 33.4 Å². The summed E-state index contributed by atoms with van der Waals surface area (Å²) in [5, 5.41) is 3.41. The van der Waals surface area contributed by atoms with E-state index in [-0.39, 0.29) is 30.4 Å². The van der Waals surface area contributed by atoms with Crippen molar-refractivity contribution in [2.75, 3.05) is 13.2 Å². The predicted molar refractivity (Wildman–Crippen MR) is 99.4 cm³/mol. The Morgan fingerprint density at radius 2 is 2.15 bits per heavy atom. The van der Waals surface area contributed by atoms with E-state index in [1.807, 2.05) is 0 Å². The van der Waals surface area contributed by atoms with Crippen LogP contribution in [0.3, 0.4) is 0 Å². The van der Waals surface area contributed by atoms with E-state index in [1.165, 1.54) is 15.8 Å². The Kier molecular flexibility index (Phi) is 6.03. The third kappa shape index (κ3) is 4.12. The van der Waals surface area contributed by atoms with E-state index in [1.54, 1.807) is 18.3 Å². The van der Waals surface area contributed by atoms with Gasteiger partial charge in [0, 0.05) is 17.8 Å². The number of ether oxygens (including phenoxy) is 1. The van der Waals surface area contributed by atoms with Crippen molar-refractivity contribution in [2.24, 2.45) is 0 Å². The third-order valence-corrected chi connectivity index (χ3v) is 5.64. The van der Waals surface area contributed by atoms with Crippen LogP contribution in [0.25, 0.3) is 10.2 Å². The second-order valence-corrected chi connectivity index (χ2v) is 7.41. The standard InChI is InChI=1S/C18H23N3O4S/c1-2-25-15(23)8-5-9-19-14(22)10-21-11-20-17-16(18(21)24)12-6-3-4-7-13(12)26-17/h11H,2-10H2,1H3,(H,19,22). The summed E-state index contributed by atoms with van der Waals surface area (Å²) in [7, 11) is 0. The van der Waals surface area contributed by atoms with Gasteiger partial charge in [-0.3, -0.25) is 19.0 Å². The lowest BCUT2D eigenvalue weighted by molar-refractivity contribution is -0.143. The molecule has 140 valence electrons. The number of carbonyl (C=O) groups excluding carboxylic acids is 2. The molecule has 0 saturated carbocycles. The second kappa shape index (κ2) is 8.44. The van der Waals surface area contributed by atoms with Crippen molar-refractivity contribution < 1.29 is 14.3 Å². The van der Waals surface area contributed by atoms with Gasteiger partial charge in [0.05, 0.1) is 18.3 Å². The molecule has 0 fully saturated rings. The van der Waals surface area contributed by atoms with Gasteiger partial charge in [0.25, 0.3) is 5.56 Å². The van der Waals surface area contributed by atoms with E-state index < -0.39 is 0 Å². The lowest BCUT2D eigenvalue weighted by atomic mass is 9.97. The average molecular weight is 377 g/mol. The van der Waals surface area contributed by atoms with Crippen molar-refractivity contribution in [1.29, 1.82) is 0 Å². The summed E-state index contributed by atoms with van der Waals surface area (Å²) in [6.45, 7) is 2.42. The van der Waals surface area contributed by atoms with Crippen LogP contribution in [0, 0.1) is 0 Å². The van der Waals surface area contributed by atoms with Gasteiger partial charge in [-0.05, 0) is 44.6 Å². The summed E-state index contributed by atoms with van der Waals surface area (Å²) in [6.07, 6.45) is 6.39. The van der Waals surface area contributed by atoms with E-state index >= 15 is 0 Å². The number of amides is 1. The number of nitrogens with one attached hydrogen (secondary N) is 1. The highest BCUT2D eigenvalue weighted by Gasteiger charge is 2.20. The maximum atomic E-state index is 12.8. The molecule has 7 nitrogen and oxygen atoms in total. The number of thiophene rings is 1. The molecule has 0 atom stereocenters. The number of hydrogen-bond acceptors (Lipinski definition) is 6. The number of rotatable bonds is 7. The summed E-state index contributed by atoms with van der Waals surface area (Å²) < 4.78 is 6.20. The molecule has 1 amide bonds. The van der Waals surface area contributed by atoms with Crippen LogP contribution in [0.5, 0.6) is 0 Å². The maximum Gasteiger partial charge on any atom is 0.305 e. The van der Waals surface area contributed by atoms with Crippen molar-refractivity contribution in [1.82, 2.24) is 14.9 Å². The Bertz CT molecular complexity index is 871. The molecule has 0 radical (unpaired) electrons. The lowest BCUT2D eigenvalue weighted by Gasteiger charge is -2.10. The van der Waals surface area contributed by atoms with Crippen LogP contribution in [-0.2, 0) is 33.7 Å². The van der Waals surface area contributed by atoms with E-state index in [0.717, 1.165) is 36.1 Å². The molecule has 0 unspecified atom stereocenters. The Morgan fingerprint density at radius 1 is 1.35 bits per heavy atom. The first-order valence-electron chi connectivity index (χ1n) is 9.02. The van der Waals surface area contributed by atoms with Gasteiger partial charge >= 0.3 is 5.97 Å². The molecule has 2 aromatic rings. The summed E-state index contributed by atoms with van der Waals surface area (Å²) in [4.78, 5) is 42.5. The molecule has 0 saturated heterocycles. The normalized spacial score (nSPS) is 13.4. The van der Waals surface area contributed by atoms with E-state index in [0.29, 0.717) is 25.0 Å². The van der Waals surface area contributed by atoms with Crippen molar-refractivity contribution in [3.8, 4) is 0 Å². The zero-order valence-corrected chi connectivity index (χ0v) is 15.7. The van der Waals surface area contributed by atoms with Crippen molar-refractivity contribution in [3.05, 3.63) is 27.1 Å². The molecule has 2 aromatic heterocycles.